The molecule has 0 fully saturated rings. The number of hydrogen-bond donors (Lipinski definition) is 0. The standard InChI is InChI=1S/C18H22N4O5/c1-13(2)12-20(9-8-17(23)27-3)18(24)16-7-10-21(19-16)14-5-4-6-15(11-14)22(25)26/h4-7,10-11,13H,8-9,12H2,1-3H3. The zero-order valence-corrected chi connectivity index (χ0v) is 15.5. The fourth-order valence-electron chi connectivity index (χ4n) is 2.54. The molecule has 0 unspecified atom stereocenters. The van der Waals surface area contributed by atoms with Gasteiger partial charge in [-0.25, -0.2) is 4.68 Å². The SMILES string of the molecule is COC(=O)CCN(CC(C)C)C(=O)c1ccn(-c2cccc([N+](=O)[O-])c2)n1. The number of nitro groups is 1. The molecule has 0 spiro atoms. The van der Waals surface area contributed by atoms with Crippen LogP contribution in [0.1, 0.15) is 30.8 Å². The van der Waals surface area contributed by atoms with Crippen LogP contribution in [0.3, 0.4) is 0 Å². The van der Waals surface area contributed by atoms with Crippen molar-refractivity contribution >= 4 is 17.6 Å². The molecule has 0 aliphatic heterocycles. The highest BCUT2D eigenvalue weighted by Gasteiger charge is 2.21. The van der Waals surface area contributed by atoms with E-state index in [1.54, 1.807) is 29.3 Å². The first-order valence-corrected chi connectivity index (χ1v) is 8.48. The van der Waals surface area contributed by atoms with E-state index in [1.165, 1.54) is 23.9 Å². The minimum atomic E-state index is -0.490. The van der Waals surface area contributed by atoms with Crippen molar-refractivity contribution in [3.63, 3.8) is 0 Å². The zero-order chi connectivity index (χ0) is 20.0. The highest BCUT2D eigenvalue weighted by atomic mass is 16.6. The average Bonchev–Trinajstić information content (AvgIpc) is 3.14. The number of ether oxygens (including phenoxy) is 1. The molecular weight excluding hydrogens is 352 g/mol. The van der Waals surface area contributed by atoms with Crippen molar-refractivity contribution in [2.24, 2.45) is 5.92 Å². The molecule has 27 heavy (non-hydrogen) atoms. The van der Waals surface area contributed by atoms with Crippen molar-refractivity contribution in [2.45, 2.75) is 20.3 Å². The molecule has 0 bridgehead atoms. The normalized spacial score (nSPS) is 10.7. The van der Waals surface area contributed by atoms with Gasteiger partial charge in [-0.2, -0.15) is 5.10 Å². The smallest absolute Gasteiger partial charge is 0.307 e. The van der Waals surface area contributed by atoms with Crippen LogP contribution >= 0.6 is 0 Å². The van der Waals surface area contributed by atoms with Gasteiger partial charge in [-0.15, -0.1) is 0 Å². The van der Waals surface area contributed by atoms with Crippen LogP contribution in [0.5, 0.6) is 0 Å². The Morgan fingerprint density at radius 2 is 2.07 bits per heavy atom. The maximum atomic E-state index is 12.8. The molecule has 1 aromatic heterocycles. The van der Waals surface area contributed by atoms with E-state index < -0.39 is 10.9 Å². The van der Waals surface area contributed by atoms with Crippen LogP contribution in [-0.2, 0) is 9.53 Å². The fraction of sp³-hybridized carbons (Fsp3) is 0.389. The van der Waals surface area contributed by atoms with Gasteiger partial charge in [0.05, 0.1) is 24.1 Å². The van der Waals surface area contributed by atoms with Crippen LogP contribution in [0.25, 0.3) is 5.69 Å². The maximum Gasteiger partial charge on any atom is 0.307 e. The van der Waals surface area contributed by atoms with Gasteiger partial charge in [0.2, 0.25) is 0 Å². The summed E-state index contributed by atoms with van der Waals surface area (Å²) in [5.74, 6) is -0.485. The Bertz CT molecular complexity index is 831. The molecule has 1 aromatic carbocycles. The van der Waals surface area contributed by atoms with Gasteiger partial charge in [0, 0.05) is 31.4 Å². The quantitative estimate of drug-likeness (QED) is 0.399. The Kier molecular flexibility index (Phi) is 6.64. The van der Waals surface area contributed by atoms with Gasteiger partial charge >= 0.3 is 5.97 Å². The first-order chi connectivity index (χ1) is 12.8. The van der Waals surface area contributed by atoms with Gasteiger partial charge in [0.25, 0.3) is 11.6 Å². The highest BCUT2D eigenvalue weighted by Crippen LogP contribution is 2.17. The van der Waals surface area contributed by atoms with Crippen LogP contribution in [-0.4, -0.2) is 51.7 Å². The summed E-state index contributed by atoms with van der Waals surface area (Å²) in [6, 6.07) is 7.53. The lowest BCUT2D eigenvalue weighted by Gasteiger charge is -2.23. The van der Waals surface area contributed by atoms with E-state index in [-0.39, 0.29) is 36.2 Å². The average molecular weight is 374 g/mol. The Balaban J connectivity index is 2.20. The van der Waals surface area contributed by atoms with Crippen LogP contribution < -0.4 is 0 Å². The van der Waals surface area contributed by atoms with Crippen molar-refractivity contribution in [3.8, 4) is 5.69 Å². The Morgan fingerprint density at radius 1 is 1.33 bits per heavy atom. The molecule has 0 atom stereocenters. The van der Waals surface area contributed by atoms with Gasteiger partial charge in [-0.1, -0.05) is 19.9 Å². The number of non-ortho nitro benzene ring substituents is 1. The first-order valence-electron chi connectivity index (χ1n) is 8.48. The van der Waals surface area contributed by atoms with E-state index in [1.807, 2.05) is 13.8 Å². The van der Waals surface area contributed by atoms with Crippen molar-refractivity contribution in [2.75, 3.05) is 20.2 Å². The third-order valence-electron chi connectivity index (χ3n) is 3.80. The third-order valence-corrected chi connectivity index (χ3v) is 3.80. The van der Waals surface area contributed by atoms with Gasteiger partial charge < -0.3 is 9.64 Å². The number of hydrogen-bond acceptors (Lipinski definition) is 6. The summed E-state index contributed by atoms with van der Waals surface area (Å²) < 4.78 is 6.04. The number of carbonyl (C=O) groups is 2. The molecule has 1 amide bonds. The largest absolute Gasteiger partial charge is 0.469 e. The van der Waals surface area contributed by atoms with Gasteiger partial charge in [-0.05, 0) is 18.1 Å². The number of esters is 1. The second-order valence-corrected chi connectivity index (χ2v) is 6.39. The molecule has 0 saturated carbocycles. The van der Waals surface area contributed by atoms with Gasteiger partial charge in [0.1, 0.15) is 0 Å². The van der Waals surface area contributed by atoms with E-state index in [9.17, 15) is 19.7 Å². The fourth-order valence-corrected chi connectivity index (χ4v) is 2.54. The molecule has 0 radical (unpaired) electrons. The molecule has 0 aliphatic rings. The molecule has 9 nitrogen and oxygen atoms in total. The molecule has 9 heteroatoms. The number of nitro benzene ring substituents is 1. The van der Waals surface area contributed by atoms with Crippen LogP contribution in [0.2, 0.25) is 0 Å². The number of benzene rings is 1. The van der Waals surface area contributed by atoms with E-state index >= 15 is 0 Å². The minimum absolute atomic E-state index is 0.0598. The molecule has 2 rings (SSSR count). The molecule has 144 valence electrons. The van der Waals surface area contributed by atoms with E-state index in [2.05, 4.69) is 9.84 Å². The molecule has 1 heterocycles. The molecule has 0 N–H and O–H groups in total. The second-order valence-electron chi connectivity index (χ2n) is 6.39. The van der Waals surface area contributed by atoms with Crippen LogP contribution in [0.4, 0.5) is 5.69 Å². The Morgan fingerprint density at radius 3 is 2.70 bits per heavy atom. The minimum Gasteiger partial charge on any atom is -0.469 e. The van der Waals surface area contributed by atoms with Crippen LogP contribution in [0, 0.1) is 16.0 Å². The molecule has 0 saturated heterocycles. The molecule has 2 aromatic rings. The van der Waals surface area contributed by atoms with Crippen molar-refractivity contribution in [1.29, 1.82) is 0 Å². The summed E-state index contributed by atoms with van der Waals surface area (Å²) >= 11 is 0. The van der Waals surface area contributed by atoms with E-state index in [4.69, 9.17) is 0 Å². The van der Waals surface area contributed by atoms with E-state index in [0.29, 0.717) is 12.2 Å². The Hall–Kier alpha value is -3.23. The number of carbonyl (C=O) groups excluding carboxylic acids is 2. The maximum absolute atomic E-state index is 12.8. The lowest BCUT2D eigenvalue weighted by molar-refractivity contribution is -0.384. The summed E-state index contributed by atoms with van der Waals surface area (Å²) in [5, 5.41) is 15.2. The van der Waals surface area contributed by atoms with Gasteiger partial charge in [0.15, 0.2) is 5.69 Å². The van der Waals surface area contributed by atoms with E-state index in [0.717, 1.165) is 0 Å². The summed E-state index contributed by atoms with van der Waals surface area (Å²) in [4.78, 5) is 36.2. The predicted molar refractivity (Wildman–Crippen MR) is 97.6 cm³/mol. The number of amides is 1. The van der Waals surface area contributed by atoms with Crippen LogP contribution in [0.15, 0.2) is 36.5 Å². The number of methoxy groups -OCH3 is 1. The highest BCUT2D eigenvalue weighted by molar-refractivity contribution is 5.92. The lowest BCUT2D eigenvalue weighted by atomic mass is 10.2. The zero-order valence-electron chi connectivity index (χ0n) is 15.5. The predicted octanol–water partition coefficient (Wildman–Crippen LogP) is 2.44. The first kappa shape index (κ1) is 20.1. The Labute approximate surface area is 156 Å². The monoisotopic (exact) mass is 374 g/mol. The molecule has 0 aliphatic carbocycles. The number of nitrogens with zero attached hydrogens (tertiary/aromatic N) is 4. The second kappa shape index (κ2) is 8.93. The number of rotatable bonds is 8. The summed E-state index contributed by atoms with van der Waals surface area (Å²) in [7, 11) is 1.30. The van der Waals surface area contributed by atoms with Gasteiger partial charge in [-0.3, -0.25) is 19.7 Å². The third kappa shape index (κ3) is 5.37. The lowest BCUT2D eigenvalue weighted by Crippen LogP contribution is -2.36. The van der Waals surface area contributed by atoms with Crippen molar-refractivity contribution < 1.29 is 19.2 Å². The summed E-state index contributed by atoms with van der Waals surface area (Å²) in [6.07, 6.45) is 1.67. The summed E-state index contributed by atoms with van der Waals surface area (Å²) in [5.41, 5.74) is 0.621. The topological polar surface area (TPSA) is 108 Å². The van der Waals surface area contributed by atoms with Crippen molar-refractivity contribution in [3.05, 3.63) is 52.3 Å². The van der Waals surface area contributed by atoms with Crippen molar-refractivity contribution in [1.82, 2.24) is 14.7 Å². The summed E-state index contributed by atoms with van der Waals surface area (Å²) in [6.45, 7) is 4.65. The molecular formula is C18H22N4O5. The number of aromatic nitrogens is 2.